The fraction of sp³-hybridized carbons (Fsp3) is 0.818. The first-order chi connectivity index (χ1) is 7.66. The molecule has 1 saturated heterocycles. The molecule has 90 valence electrons. The Hall–Kier alpha value is -0.680. The number of nitrogens with zero attached hydrogens (tertiary/aromatic N) is 3. The fourth-order valence-corrected chi connectivity index (χ4v) is 2.64. The van der Waals surface area contributed by atoms with Crippen LogP contribution in [-0.2, 0) is 6.54 Å². The van der Waals surface area contributed by atoms with Crippen molar-refractivity contribution in [1.82, 2.24) is 19.7 Å². The van der Waals surface area contributed by atoms with Gasteiger partial charge in [0.25, 0.3) is 0 Å². The van der Waals surface area contributed by atoms with Gasteiger partial charge in [0.2, 0.25) is 0 Å². The van der Waals surface area contributed by atoms with Gasteiger partial charge in [-0.2, -0.15) is 5.10 Å². The second-order valence-electron chi connectivity index (χ2n) is 4.80. The average Bonchev–Trinajstić information content (AvgIpc) is 2.83. The van der Waals surface area contributed by atoms with E-state index in [1.165, 1.54) is 32.5 Å². The van der Waals surface area contributed by atoms with Gasteiger partial charge >= 0.3 is 0 Å². The van der Waals surface area contributed by atoms with Crippen LogP contribution < -0.4 is 0 Å². The summed E-state index contributed by atoms with van der Waals surface area (Å²) in [5.41, 5.74) is 0. The van der Waals surface area contributed by atoms with Crippen molar-refractivity contribution < 1.29 is 0 Å². The van der Waals surface area contributed by atoms with Crippen LogP contribution in [0, 0.1) is 17.6 Å². The standard InChI is InChI=1S/C11H20N4S/c1-9(7-14-5-3-4-6-14)8-15-10(2)12-13-11(15)16/h9H,3-8H2,1-2H3,(H,13,16). The molecule has 1 N–H and O–H groups in total. The van der Waals surface area contributed by atoms with Crippen molar-refractivity contribution in [3.63, 3.8) is 0 Å². The predicted octanol–water partition coefficient (Wildman–Crippen LogP) is 1.98. The molecule has 2 heterocycles. The molecule has 1 aromatic heterocycles. The molecule has 0 amide bonds. The molecule has 1 fully saturated rings. The summed E-state index contributed by atoms with van der Waals surface area (Å²) in [6.07, 6.45) is 2.72. The van der Waals surface area contributed by atoms with Crippen molar-refractivity contribution in [2.24, 2.45) is 5.92 Å². The van der Waals surface area contributed by atoms with E-state index in [0.29, 0.717) is 5.92 Å². The Labute approximate surface area is 102 Å². The summed E-state index contributed by atoms with van der Waals surface area (Å²) in [5.74, 6) is 1.61. The minimum atomic E-state index is 0.626. The maximum Gasteiger partial charge on any atom is 0.195 e. The van der Waals surface area contributed by atoms with Crippen molar-refractivity contribution >= 4 is 12.2 Å². The van der Waals surface area contributed by atoms with Crippen LogP contribution in [0.5, 0.6) is 0 Å². The van der Waals surface area contributed by atoms with E-state index in [-0.39, 0.29) is 0 Å². The van der Waals surface area contributed by atoms with Crippen LogP contribution in [0.25, 0.3) is 0 Å². The van der Waals surface area contributed by atoms with Crippen molar-refractivity contribution in [2.45, 2.75) is 33.2 Å². The summed E-state index contributed by atoms with van der Waals surface area (Å²) in [6.45, 7) is 8.95. The summed E-state index contributed by atoms with van der Waals surface area (Å²) in [5, 5.41) is 6.97. The van der Waals surface area contributed by atoms with Gasteiger partial charge in [0.05, 0.1) is 0 Å². The first kappa shape index (κ1) is 11.8. The summed E-state index contributed by atoms with van der Waals surface area (Å²) < 4.78 is 2.83. The van der Waals surface area contributed by atoms with Crippen LogP contribution in [0.1, 0.15) is 25.6 Å². The minimum Gasteiger partial charge on any atom is -0.304 e. The Balaban J connectivity index is 1.91. The van der Waals surface area contributed by atoms with Gasteiger partial charge in [-0.1, -0.05) is 6.92 Å². The lowest BCUT2D eigenvalue weighted by atomic mass is 10.1. The zero-order valence-electron chi connectivity index (χ0n) is 10.1. The summed E-state index contributed by atoms with van der Waals surface area (Å²) in [4.78, 5) is 2.55. The van der Waals surface area contributed by atoms with Crippen LogP contribution in [0.3, 0.4) is 0 Å². The highest BCUT2D eigenvalue weighted by molar-refractivity contribution is 7.71. The Kier molecular flexibility index (Phi) is 3.76. The van der Waals surface area contributed by atoms with Gasteiger partial charge in [0.1, 0.15) is 5.82 Å². The monoisotopic (exact) mass is 240 g/mol. The zero-order chi connectivity index (χ0) is 11.5. The van der Waals surface area contributed by atoms with E-state index in [9.17, 15) is 0 Å². The van der Waals surface area contributed by atoms with Crippen molar-refractivity contribution in [3.8, 4) is 0 Å². The lowest BCUT2D eigenvalue weighted by Gasteiger charge is -2.20. The molecule has 0 saturated carbocycles. The molecule has 0 radical (unpaired) electrons. The number of H-pyrrole nitrogens is 1. The third kappa shape index (κ3) is 2.71. The molecular formula is C11H20N4S. The van der Waals surface area contributed by atoms with E-state index in [1.807, 2.05) is 6.92 Å². The molecule has 1 atom stereocenters. The quantitative estimate of drug-likeness (QED) is 0.818. The van der Waals surface area contributed by atoms with Gasteiger partial charge in [-0.05, 0) is 51.0 Å². The topological polar surface area (TPSA) is 36.9 Å². The van der Waals surface area contributed by atoms with Crippen LogP contribution in [0.2, 0.25) is 0 Å². The number of likely N-dealkylation sites (tertiary alicyclic amines) is 1. The largest absolute Gasteiger partial charge is 0.304 e. The highest BCUT2D eigenvalue weighted by atomic mass is 32.1. The zero-order valence-corrected chi connectivity index (χ0v) is 10.9. The summed E-state index contributed by atoms with van der Waals surface area (Å²) in [6, 6.07) is 0. The van der Waals surface area contributed by atoms with E-state index in [2.05, 4.69) is 26.6 Å². The summed E-state index contributed by atoms with van der Waals surface area (Å²) >= 11 is 5.21. The van der Waals surface area contributed by atoms with E-state index >= 15 is 0 Å². The third-order valence-electron chi connectivity index (χ3n) is 3.21. The number of nitrogens with one attached hydrogen (secondary N) is 1. The lowest BCUT2D eigenvalue weighted by Crippen LogP contribution is -2.27. The molecule has 1 aliphatic heterocycles. The maximum atomic E-state index is 5.21. The number of aryl methyl sites for hydroxylation is 1. The van der Waals surface area contributed by atoms with Gasteiger partial charge in [0.15, 0.2) is 4.77 Å². The van der Waals surface area contributed by atoms with Crippen molar-refractivity contribution in [2.75, 3.05) is 19.6 Å². The molecule has 0 bridgehead atoms. The Morgan fingerprint density at radius 2 is 2.06 bits per heavy atom. The second-order valence-corrected chi connectivity index (χ2v) is 5.19. The Morgan fingerprint density at radius 3 is 2.62 bits per heavy atom. The van der Waals surface area contributed by atoms with E-state index in [1.54, 1.807) is 0 Å². The molecular weight excluding hydrogens is 220 g/mol. The molecule has 1 unspecified atom stereocenters. The highest BCUT2D eigenvalue weighted by Crippen LogP contribution is 2.12. The molecule has 2 rings (SSSR count). The fourth-order valence-electron chi connectivity index (χ4n) is 2.39. The Morgan fingerprint density at radius 1 is 1.38 bits per heavy atom. The molecule has 0 aromatic carbocycles. The molecule has 0 aliphatic carbocycles. The van der Waals surface area contributed by atoms with Gasteiger partial charge in [-0.25, -0.2) is 0 Å². The number of aromatic nitrogens is 3. The molecule has 0 spiro atoms. The van der Waals surface area contributed by atoms with Crippen LogP contribution in [-0.4, -0.2) is 39.3 Å². The van der Waals surface area contributed by atoms with Crippen LogP contribution in [0.15, 0.2) is 0 Å². The first-order valence-electron chi connectivity index (χ1n) is 6.01. The predicted molar refractivity (Wildman–Crippen MR) is 67.0 cm³/mol. The minimum absolute atomic E-state index is 0.626. The molecule has 1 aromatic rings. The van der Waals surface area contributed by atoms with Gasteiger partial charge in [-0.15, -0.1) is 0 Å². The van der Waals surface area contributed by atoms with Crippen LogP contribution >= 0.6 is 12.2 Å². The van der Waals surface area contributed by atoms with Crippen LogP contribution in [0.4, 0.5) is 0 Å². The van der Waals surface area contributed by atoms with Crippen molar-refractivity contribution in [1.29, 1.82) is 0 Å². The number of aromatic amines is 1. The van der Waals surface area contributed by atoms with Crippen molar-refractivity contribution in [3.05, 3.63) is 10.6 Å². The molecule has 16 heavy (non-hydrogen) atoms. The van der Waals surface area contributed by atoms with Gasteiger partial charge < -0.3 is 9.47 Å². The highest BCUT2D eigenvalue weighted by Gasteiger charge is 2.15. The smallest absolute Gasteiger partial charge is 0.195 e. The van der Waals surface area contributed by atoms with Gasteiger partial charge in [-0.3, -0.25) is 5.10 Å². The number of hydrogen-bond acceptors (Lipinski definition) is 3. The normalized spacial score (nSPS) is 19.1. The number of hydrogen-bond donors (Lipinski definition) is 1. The SMILES string of the molecule is Cc1n[nH]c(=S)n1CC(C)CN1CCCC1. The molecule has 1 aliphatic rings. The Bertz CT molecular complexity index is 389. The number of rotatable bonds is 4. The first-order valence-corrected chi connectivity index (χ1v) is 6.42. The maximum absolute atomic E-state index is 5.21. The van der Waals surface area contributed by atoms with Gasteiger partial charge in [0, 0.05) is 13.1 Å². The van der Waals surface area contributed by atoms with E-state index in [0.717, 1.165) is 17.1 Å². The second kappa shape index (κ2) is 5.10. The average molecular weight is 240 g/mol. The third-order valence-corrected chi connectivity index (χ3v) is 3.52. The summed E-state index contributed by atoms with van der Waals surface area (Å²) in [7, 11) is 0. The molecule has 5 heteroatoms. The van der Waals surface area contributed by atoms with E-state index in [4.69, 9.17) is 12.2 Å². The lowest BCUT2D eigenvalue weighted by molar-refractivity contribution is 0.270. The van der Waals surface area contributed by atoms with E-state index < -0.39 is 0 Å². The molecule has 4 nitrogen and oxygen atoms in total.